The zero-order valence-electron chi connectivity index (χ0n) is 38.9. The van der Waals surface area contributed by atoms with E-state index < -0.39 is 0 Å². The van der Waals surface area contributed by atoms with Crippen LogP contribution in [0, 0.1) is 86.0 Å². The average Bonchev–Trinajstić information content (AvgIpc) is 3.39. The lowest BCUT2D eigenvalue weighted by Crippen LogP contribution is -2.26. The molecule has 2 heterocycles. The number of hydrogen-bond acceptors (Lipinski definition) is 6. The SMILES string of the molecule is C.COc1cc(C)ccc1C.Cc1ccc(C)c(C#N)c1.Cc1ccc(C)cc1.Cc1ccc2c(c1)OCC(C)(C)CO2.Cc1ccc2c(c1)OCCO2.Cc1cccc(C)c1. The molecule has 0 saturated heterocycles. The van der Waals surface area contributed by atoms with Crippen LogP contribution in [-0.2, 0) is 0 Å². The van der Waals surface area contributed by atoms with E-state index in [9.17, 15) is 0 Å². The second-order valence-corrected chi connectivity index (χ2v) is 16.6. The third-order valence-electron chi connectivity index (χ3n) is 9.50. The Bertz CT molecular complexity index is 2260. The lowest BCUT2D eigenvalue weighted by atomic mass is 9.97. The van der Waals surface area contributed by atoms with Crippen molar-refractivity contribution in [2.24, 2.45) is 5.41 Å². The molecule has 8 rings (SSSR count). The summed E-state index contributed by atoms with van der Waals surface area (Å²) >= 11 is 0. The highest BCUT2D eigenvalue weighted by Crippen LogP contribution is 2.34. The minimum absolute atomic E-state index is 0. The zero-order chi connectivity index (χ0) is 45.0. The van der Waals surface area contributed by atoms with E-state index in [1.165, 1.54) is 44.5 Å². The van der Waals surface area contributed by atoms with Gasteiger partial charge in [-0.25, -0.2) is 0 Å². The lowest BCUT2D eigenvalue weighted by molar-refractivity contribution is 0.140. The van der Waals surface area contributed by atoms with E-state index in [0.29, 0.717) is 26.4 Å². The predicted octanol–water partition coefficient (Wildman–Crippen LogP) is 14.3. The molecule has 62 heavy (non-hydrogen) atoms. The van der Waals surface area contributed by atoms with Gasteiger partial charge in [-0.3, -0.25) is 0 Å². The first-order chi connectivity index (χ1) is 29.0. The summed E-state index contributed by atoms with van der Waals surface area (Å²) in [5, 5.41) is 8.59. The first-order valence-corrected chi connectivity index (χ1v) is 20.9. The van der Waals surface area contributed by atoms with Gasteiger partial charge in [0.15, 0.2) is 23.0 Å². The maximum atomic E-state index is 8.59. The van der Waals surface area contributed by atoms with E-state index in [-0.39, 0.29) is 12.8 Å². The summed E-state index contributed by atoms with van der Waals surface area (Å²) in [5.41, 5.74) is 13.2. The fourth-order valence-electron chi connectivity index (χ4n) is 5.81. The van der Waals surface area contributed by atoms with Crippen LogP contribution in [0.2, 0.25) is 0 Å². The molecular weight excluding hydrogens is 767 g/mol. The summed E-state index contributed by atoms with van der Waals surface area (Å²) in [6.45, 7) is 27.6. The largest absolute Gasteiger partial charge is 0.496 e. The summed E-state index contributed by atoms with van der Waals surface area (Å²) in [6.07, 6.45) is 0. The second-order valence-electron chi connectivity index (χ2n) is 16.6. The van der Waals surface area contributed by atoms with Gasteiger partial charge in [0.25, 0.3) is 0 Å². The molecule has 2 aliphatic heterocycles. The summed E-state index contributed by atoms with van der Waals surface area (Å²) < 4.78 is 27.3. The molecule has 6 heteroatoms. The standard InChI is InChI=1S/C12H16O2.C9H9N.C9H10O2.C9H12O.2C8H10.CH4/c1-9-4-5-10-11(6-9)14-8-12(2,3)7-13-10;1-7-3-4-8(2)9(5-7)6-10;1-7-2-3-8-9(6-7)11-5-4-10-8;1-7-4-5-8(2)9(6-7)10-3;1-7-3-5-8(2)6-4-7;1-7-4-3-5-8(2)6-7;/h4-6H,7-8H2,1-3H3;3-5H,1-2H3;2-3,6H,4-5H2,1H3;4-6H,1-3H3;2*3-6H,1-2H3;1H4. The molecule has 0 bridgehead atoms. The fourth-order valence-corrected chi connectivity index (χ4v) is 5.81. The molecule has 0 radical (unpaired) electrons. The highest BCUT2D eigenvalue weighted by molar-refractivity contribution is 5.44. The van der Waals surface area contributed by atoms with Gasteiger partial charge in [0.2, 0.25) is 0 Å². The molecule has 0 amide bonds. The van der Waals surface area contributed by atoms with E-state index in [2.05, 4.69) is 122 Å². The van der Waals surface area contributed by atoms with E-state index >= 15 is 0 Å². The molecule has 0 atom stereocenters. The quantitative estimate of drug-likeness (QED) is 0.164. The topological polar surface area (TPSA) is 69.9 Å². The van der Waals surface area contributed by atoms with Crippen LogP contribution in [-0.4, -0.2) is 33.5 Å². The van der Waals surface area contributed by atoms with Crippen molar-refractivity contribution in [1.82, 2.24) is 0 Å². The van der Waals surface area contributed by atoms with E-state index in [1.807, 2.05) is 88.4 Å². The number of nitrogens with zero attached hydrogens (tertiary/aromatic N) is 1. The zero-order valence-corrected chi connectivity index (χ0v) is 38.9. The van der Waals surface area contributed by atoms with Crippen LogP contribution in [0.5, 0.6) is 28.7 Å². The van der Waals surface area contributed by atoms with Crippen molar-refractivity contribution in [2.75, 3.05) is 33.5 Å². The summed E-state index contributed by atoms with van der Waals surface area (Å²) in [7, 11) is 1.70. The summed E-state index contributed by atoms with van der Waals surface area (Å²) in [6, 6.07) is 43.1. The normalized spacial score (nSPS) is 12.2. The highest BCUT2D eigenvalue weighted by Gasteiger charge is 2.25. The van der Waals surface area contributed by atoms with E-state index in [4.69, 9.17) is 28.9 Å². The number of ether oxygens (including phenoxy) is 5. The van der Waals surface area contributed by atoms with Gasteiger partial charge in [0.1, 0.15) is 19.0 Å². The molecule has 330 valence electrons. The van der Waals surface area contributed by atoms with Crippen LogP contribution >= 0.6 is 0 Å². The van der Waals surface area contributed by atoms with E-state index in [1.54, 1.807) is 7.11 Å². The first kappa shape index (κ1) is 51.9. The Labute approximate surface area is 374 Å². The molecule has 0 fully saturated rings. The van der Waals surface area contributed by atoms with Crippen molar-refractivity contribution in [3.05, 3.63) is 183 Å². The van der Waals surface area contributed by atoms with Crippen LogP contribution in [0.3, 0.4) is 0 Å². The van der Waals surface area contributed by atoms with E-state index in [0.717, 1.165) is 45.4 Å². The molecule has 0 aliphatic carbocycles. The van der Waals surface area contributed by atoms with Crippen molar-refractivity contribution in [3.63, 3.8) is 0 Å². The molecule has 0 saturated carbocycles. The molecule has 0 spiro atoms. The fraction of sp³-hybridized carbons (Fsp3) is 0.339. The van der Waals surface area contributed by atoms with Crippen molar-refractivity contribution >= 4 is 0 Å². The highest BCUT2D eigenvalue weighted by atomic mass is 16.6. The van der Waals surface area contributed by atoms with Gasteiger partial charge in [-0.15, -0.1) is 0 Å². The number of hydrogen-bond donors (Lipinski definition) is 0. The Morgan fingerprint density at radius 1 is 0.452 bits per heavy atom. The molecule has 6 aromatic rings. The Balaban J connectivity index is 0.000000258. The first-order valence-electron chi connectivity index (χ1n) is 20.9. The number of nitriles is 1. The number of rotatable bonds is 1. The molecular formula is C56H71NO5. The Hall–Kier alpha value is -6.19. The minimum Gasteiger partial charge on any atom is -0.496 e. The van der Waals surface area contributed by atoms with Crippen molar-refractivity contribution in [2.45, 2.75) is 90.5 Å². The molecule has 0 N–H and O–H groups in total. The van der Waals surface area contributed by atoms with Crippen molar-refractivity contribution < 1.29 is 23.7 Å². The third kappa shape index (κ3) is 19.0. The monoisotopic (exact) mass is 838 g/mol. The van der Waals surface area contributed by atoms with Gasteiger partial charge in [0.05, 0.1) is 32.0 Å². The number of fused-ring (bicyclic) bond motifs is 2. The molecule has 0 unspecified atom stereocenters. The third-order valence-corrected chi connectivity index (χ3v) is 9.50. The van der Waals surface area contributed by atoms with Gasteiger partial charge in [0, 0.05) is 5.41 Å². The average molecular weight is 838 g/mol. The summed E-state index contributed by atoms with van der Waals surface area (Å²) in [5.74, 6) is 4.44. The van der Waals surface area contributed by atoms with Gasteiger partial charge in [-0.1, -0.05) is 128 Å². The molecule has 0 aromatic heterocycles. The summed E-state index contributed by atoms with van der Waals surface area (Å²) in [4.78, 5) is 0. The Morgan fingerprint density at radius 2 is 0.839 bits per heavy atom. The molecule has 6 nitrogen and oxygen atoms in total. The smallest absolute Gasteiger partial charge is 0.161 e. The Morgan fingerprint density at radius 3 is 1.29 bits per heavy atom. The Kier molecular flexibility index (Phi) is 22.0. The molecule has 2 aliphatic rings. The van der Waals surface area contributed by atoms with Crippen LogP contribution in [0.25, 0.3) is 0 Å². The van der Waals surface area contributed by atoms with Crippen molar-refractivity contribution in [3.8, 4) is 34.8 Å². The van der Waals surface area contributed by atoms with Crippen LogP contribution in [0.15, 0.2) is 121 Å². The molecule has 6 aromatic carbocycles. The van der Waals surface area contributed by atoms with Crippen LogP contribution in [0.4, 0.5) is 0 Å². The van der Waals surface area contributed by atoms with Crippen molar-refractivity contribution in [1.29, 1.82) is 5.26 Å². The number of aryl methyl sites for hydroxylation is 10. The maximum absolute atomic E-state index is 8.59. The minimum atomic E-state index is 0. The van der Waals surface area contributed by atoms with Gasteiger partial charge >= 0.3 is 0 Å². The maximum Gasteiger partial charge on any atom is 0.161 e. The second kappa shape index (κ2) is 26.2. The van der Waals surface area contributed by atoms with Gasteiger partial charge in [-0.05, 0) is 139 Å². The van der Waals surface area contributed by atoms with Gasteiger partial charge < -0.3 is 23.7 Å². The van der Waals surface area contributed by atoms with Crippen LogP contribution < -0.4 is 23.7 Å². The lowest BCUT2D eigenvalue weighted by Gasteiger charge is -2.19. The number of benzene rings is 6. The van der Waals surface area contributed by atoms with Gasteiger partial charge in [-0.2, -0.15) is 5.26 Å². The predicted molar refractivity (Wildman–Crippen MR) is 260 cm³/mol. The van der Waals surface area contributed by atoms with Crippen LogP contribution in [0.1, 0.15) is 82.5 Å². The number of methoxy groups -OCH3 is 1.